The summed E-state index contributed by atoms with van der Waals surface area (Å²) in [6.45, 7) is 17.5. The summed E-state index contributed by atoms with van der Waals surface area (Å²) in [7, 11) is 6.24. The predicted molar refractivity (Wildman–Crippen MR) is 639 cm³/mol. The van der Waals surface area contributed by atoms with Gasteiger partial charge in [0.05, 0.1) is 110 Å². The van der Waals surface area contributed by atoms with E-state index in [4.69, 9.17) is 33.4 Å². The number of β-amino-alcohol motifs (C(OH)–C–C–N with tert-alkyl or cyclic N) is 1. The van der Waals surface area contributed by atoms with Crippen molar-refractivity contribution >= 4 is 354 Å². The smallest absolute Gasteiger partial charge is 0.256 e. The number of guanidine groups is 1. The number of ether oxygens (including phenoxy) is 1. The number of aliphatic imine (C=N–C) groups is 1. The third-order valence-electron chi connectivity index (χ3n) is 21.1. The van der Waals surface area contributed by atoms with Crippen molar-refractivity contribution in [2.75, 3.05) is 185 Å². The highest BCUT2D eigenvalue weighted by Gasteiger charge is 2.39. The molecule has 12 amide bonds. The molecule has 0 spiro atoms. The van der Waals surface area contributed by atoms with Crippen LogP contribution in [-0.2, 0) is 23.9 Å². The van der Waals surface area contributed by atoms with Gasteiger partial charge < -0.3 is 135 Å². The van der Waals surface area contributed by atoms with Gasteiger partial charge in [0.25, 0.3) is 47.3 Å². The van der Waals surface area contributed by atoms with Crippen molar-refractivity contribution in [2.45, 2.75) is 127 Å². The van der Waals surface area contributed by atoms with E-state index in [1.54, 1.807) is 44.9 Å². The minimum absolute atomic E-state index is 0. The number of rotatable bonds is 36. The molecule has 3 aliphatic rings. The highest BCUT2D eigenvalue weighted by molar-refractivity contribution is 14.1. The molecule has 23 N–H and O–H groups in total. The third kappa shape index (κ3) is 37.7. The molecule has 3 heterocycles. The number of carbonyl (C=O) groups excluding carboxylic acids is 12. The Kier molecular flexibility index (Phi) is 68.9. The van der Waals surface area contributed by atoms with E-state index in [9.17, 15) is 93.3 Å². The van der Waals surface area contributed by atoms with Gasteiger partial charge in [0, 0.05) is 162 Å². The minimum Gasteiger partial charge on any atom is -0.395 e. The molecule has 4 aromatic carbocycles. The number of hydrogen-bond donors (Lipinski definition) is 18. The van der Waals surface area contributed by atoms with E-state index >= 15 is 0 Å². The number of benzene rings is 4. The molecule has 39 nitrogen and oxygen atoms in total. The van der Waals surface area contributed by atoms with E-state index in [1.807, 2.05) is 165 Å². The highest BCUT2D eigenvalue weighted by Crippen LogP contribution is 2.39. The van der Waals surface area contributed by atoms with E-state index in [0.717, 1.165) is 36.8 Å². The van der Waals surface area contributed by atoms with Crippen LogP contribution in [0.15, 0.2) is 18.2 Å². The maximum Gasteiger partial charge on any atom is 0.256 e. The van der Waals surface area contributed by atoms with Crippen LogP contribution < -0.4 is 60.6 Å². The quantitative estimate of drug-likeness (QED) is 0.00743. The topological polar surface area (TPSA) is 593 Å². The summed E-state index contributed by atoms with van der Waals surface area (Å²) in [5.41, 5.74) is 33.6. The van der Waals surface area contributed by atoms with Crippen molar-refractivity contribution in [3.63, 3.8) is 0 Å². The van der Waals surface area contributed by atoms with Gasteiger partial charge in [-0.2, -0.15) is 0 Å². The number of nitrogens with two attached hydrogens (primary N) is 5. The molecule has 0 radical (unpaired) electrons. The van der Waals surface area contributed by atoms with Gasteiger partial charge in [-0.25, -0.2) is 0 Å². The molecule has 7 rings (SSSR count). The van der Waals surface area contributed by atoms with Crippen LogP contribution in [0.4, 0.5) is 5.69 Å². The molecule has 4 aromatic rings. The Morgan fingerprint density at radius 1 is 0.420 bits per heavy atom. The molecule has 5 unspecified atom stereocenters. The summed E-state index contributed by atoms with van der Waals surface area (Å²) < 4.78 is 12.2. The molecule has 0 saturated carbocycles. The third-order valence-corrected chi connectivity index (χ3v) is 35.7. The summed E-state index contributed by atoms with van der Waals surface area (Å²) >= 11 is 24.4. The number of nitrogens with zero attached hydrogens (tertiary/aromatic N) is 8. The van der Waals surface area contributed by atoms with Gasteiger partial charge >= 0.3 is 0 Å². The number of anilines is 1. The zero-order valence-corrected chi connectivity index (χ0v) is 101. The molecule has 5 atom stereocenters. The second-order valence-electron chi connectivity index (χ2n) is 30.5. The Balaban J connectivity index is 0. The number of likely N-dealkylation sites (N-methyl/N-ethyl adjacent to an activating group) is 1. The van der Waals surface area contributed by atoms with Crippen molar-refractivity contribution in [3.05, 3.63) is 117 Å². The number of amides is 12. The molecular weight excluding hydrogens is 3150 g/mol. The lowest BCUT2D eigenvalue weighted by Crippen LogP contribution is -2.54. The fraction of sp³-hybridized carbons (Fsp3) is 0.552. The molecule has 3 saturated heterocycles. The zero-order valence-electron chi connectivity index (χ0n) is 75.2. The largest absolute Gasteiger partial charge is 0.395 e. The standard InChI is InChI=1S/C22H31I3N4O5.C21H29I3N6O6.C20H28I3N5O4.C18H25I3N4O5.C2H4.4CH4/c1-12-3-5-28(6-4-12)21(33)14(11-26)27-20(32)15-17(23)13(2)18(24)16(19(15)25)22(34)29(7-9-30)8-10-31;1-10-15(22)13(17(24)14(16(10)23)20(36)29(4-6-31)5-7-32)18(34)28-12(8-27-21(25)26)19(35)30-3-2-11(33)9-30;1-10-4-6-28(7-5-10)20(31)11(8-24)27-19(30)13-14(21)12(18(29)25-2)15(22)17(16(13)23)26-9-32-3;1-9-13(19)11(16(28)23-10(8-22)17(29)24(2)3)15(21)12(14(9)20)18(30)25(4-6-26)5-7-27;1-2;;;;/h12,14,30-31H,3-11,26H2,1-2H3,(H,27,32);11-12,31-33H,2-9H2,1H3,(H,28,34)(H4,25,26,27);10-11,26H,4-9,24H2,1-3H3,(H,25,29)(H,27,30);10,26-27H,4-8,22H2,1-3H3,(H,23,28);1-2H2;4*1H4. The number of halogens is 12. The number of aliphatic hydroxyl groups is 7. The second kappa shape index (κ2) is 69.0. The van der Waals surface area contributed by atoms with Crippen LogP contribution in [0.5, 0.6) is 0 Å². The van der Waals surface area contributed by atoms with Crippen molar-refractivity contribution in [1.29, 1.82) is 0 Å². The Morgan fingerprint density at radius 3 is 0.942 bits per heavy atom. The maximum atomic E-state index is 13.5. The molecule has 0 aliphatic carbocycles. The Bertz CT molecular complexity index is 4830. The number of hydrogen-bond acceptors (Lipinski definition) is 25. The van der Waals surface area contributed by atoms with Crippen LogP contribution in [0.25, 0.3) is 0 Å². The number of piperidine rings is 2. The average molecular weight is 3290 g/mol. The molecule has 51 heteroatoms. The van der Waals surface area contributed by atoms with Crippen LogP contribution in [0.2, 0.25) is 0 Å². The summed E-state index contributed by atoms with van der Waals surface area (Å²) in [6.07, 6.45) is 3.52. The van der Waals surface area contributed by atoms with Crippen molar-refractivity contribution < 1.29 is 98.0 Å². The van der Waals surface area contributed by atoms with Gasteiger partial charge in [0.15, 0.2) is 5.96 Å². The first kappa shape index (κ1) is 138. The van der Waals surface area contributed by atoms with Crippen molar-refractivity contribution in [2.24, 2.45) is 45.5 Å². The summed E-state index contributed by atoms with van der Waals surface area (Å²) in [5.74, 6) is -3.70. The van der Waals surface area contributed by atoms with Crippen LogP contribution in [-0.4, -0.2) is 357 Å². The first-order valence-electron chi connectivity index (χ1n) is 41.6. The SMILES string of the molecule is C.C.C.C.C=C.CNC(=O)c1c(I)c(NCOC)c(I)c(C(=O)NC(CN)C(=O)N2CCC(C)CC2)c1I.Cc1c(I)c(C(=O)NC(CN)C(=O)N(C)C)c(I)c(C(=O)N(CCO)CCO)c1I.Cc1c(I)c(C(=O)NC(CN)C(=O)N2CCC(C)CC2)c(I)c(C(=O)N(CCO)CCO)c1I.Cc1c(I)c(C(=O)NC(CN=C(N)N)C(=O)N2CCC(O)C2)c(I)c(C(=O)N(CCO)CCO)c1I. The van der Waals surface area contributed by atoms with Crippen LogP contribution in [0.1, 0.15) is 175 Å². The number of carbonyl (C=O) groups is 12. The maximum absolute atomic E-state index is 13.5. The fourth-order valence-corrected chi connectivity index (χ4v) is 30.4. The lowest BCUT2D eigenvalue weighted by Gasteiger charge is -2.33. The monoisotopic (exact) mass is 3290 g/mol. The van der Waals surface area contributed by atoms with Gasteiger partial charge in [0.1, 0.15) is 30.9 Å². The van der Waals surface area contributed by atoms with E-state index in [0.29, 0.717) is 133 Å². The van der Waals surface area contributed by atoms with Crippen LogP contribution in [0.3, 0.4) is 0 Å². The Hall–Kier alpha value is -2.35. The predicted octanol–water partition coefficient (Wildman–Crippen LogP) is 6.67. The number of methoxy groups -OCH3 is 1. The van der Waals surface area contributed by atoms with Gasteiger partial charge in [-0.15, -0.1) is 13.2 Å². The van der Waals surface area contributed by atoms with E-state index < -0.39 is 65.7 Å². The van der Waals surface area contributed by atoms with Gasteiger partial charge in [0.2, 0.25) is 23.6 Å². The lowest BCUT2D eigenvalue weighted by atomic mass is 9.98. The summed E-state index contributed by atoms with van der Waals surface area (Å²) in [6, 6.07) is -3.67. The van der Waals surface area contributed by atoms with Gasteiger partial charge in [-0.1, -0.05) is 43.6 Å². The lowest BCUT2D eigenvalue weighted by molar-refractivity contribution is -0.135. The second-order valence-corrected chi connectivity index (χ2v) is 43.4. The number of nitrogens with one attached hydrogen (secondary N) is 6. The first-order valence-corrected chi connectivity index (χ1v) is 54.5. The average Bonchev–Trinajstić information content (AvgIpc) is 0.934. The highest BCUT2D eigenvalue weighted by atomic mass is 127. The van der Waals surface area contributed by atoms with Crippen LogP contribution in [0, 0.1) is 75.4 Å². The normalized spacial score (nSPS) is 14.1. The molecule has 0 aromatic heterocycles. The van der Waals surface area contributed by atoms with Gasteiger partial charge in [-0.05, 0) is 352 Å². The van der Waals surface area contributed by atoms with Gasteiger partial charge in [-0.3, -0.25) is 62.5 Å². The van der Waals surface area contributed by atoms with E-state index in [-0.39, 0.29) is 206 Å². The molecule has 780 valence electrons. The van der Waals surface area contributed by atoms with Crippen molar-refractivity contribution in [1.82, 2.24) is 60.9 Å². The minimum atomic E-state index is -1.09. The molecule has 0 bridgehead atoms. The fourth-order valence-electron chi connectivity index (χ4n) is 13.5. The molecular formula is C87H133I12N19O20. The Labute approximate surface area is 973 Å². The Morgan fingerprint density at radius 2 is 0.681 bits per heavy atom. The van der Waals surface area contributed by atoms with Crippen molar-refractivity contribution in [3.8, 4) is 0 Å². The first-order chi connectivity index (χ1) is 63.2. The molecule has 3 fully saturated rings. The van der Waals surface area contributed by atoms with E-state index in [1.165, 1.54) is 31.5 Å². The summed E-state index contributed by atoms with van der Waals surface area (Å²) in [4.78, 5) is 171. The molecule has 138 heavy (non-hydrogen) atoms. The number of likely N-dealkylation sites (tertiary alicyclic amines) is 3. The van der Waals surface area contributed by atoms with E-state index in [2.05, 4.69) is 177 Å². The molecule has 3 aliphatic heterocycles. The zero-order chi connectivity index (χ0) is 102. The van der Waals surface area contributed by atoms with Crippen LogP contribution >= 0.6 is 271 Å². The number of aliphatic hydroxyl groups excluding tert-OH is 7. The summed E-state index contributed by atoms with van der Waals surface area (Å²) in [5, 5.41) is 82.5.